The third-order valence-electron chi connectivity index (χ3n) is 3.87. The minimum absolute atomic E-state index is 0.110. The Bertz CT molecular complexity index is 590. The van der Waals surface area contributed by atoms with E-state index < -0.39 is 0 Å². The van der Waals surface area contributed by atoms with Crippen LogP contribution in [0.1, 0.15) is 42.3 Å². The van der Waals surface area contributed by atoms with Gasteiger partial charge in [0.25, 0.3) is 5.91 Å². The predicted octanol–water partition coefficient (Wildman–Crippen LogP) is 2.87. The Morgan fingerprint density at radius 1 is 1.22 bits per heavy atom. The number of quaternary nitrogens is 1. The summed E-state index contributed by atoms with van der Waals surface area (Å²) < 4.78 is 0. The van der Waals surface area contributed by atoms with Gasteiger partial charge < -0.3 is 10.6 Å². The van der Waals surface area contributed by atoms with Gasteiger partial charge in [-0.25, -0.2) is 0 Å². The number of rotatable bonds is 8. The first-order valence-electron chi connectivity index (χ1n) is 8.26. The molecule has 1 aromatic heterocycles. The number of thiophene rings is 1. The molecule has 4 heteroatoms. The lowest BCUT2D eigenvalue weighted by Gasteiger charge is -2.15. The number of nitrogens with two attached hydrogens (primary N) is 1. The first-order valence-corrected chi connectivity index (χ1v) is 9.14. The lowest BCUT2D eigenvalue weighted by Crippen LogP contribution is -2.87. The third kappa shape index (κ3) is 5.81. The van der Waals surface area contributed by atoms with Crippen molar-refractivity contribution in [2.24, 2.45) is 5.92 Å². The summed E-state index contributed by atoms with van der Waals surface area (Å²) in [7, 11) is 0. The van der Waals surface area contributed by atoms with Crippen molar-refractivity contribution >= 4 is 17.2 Å². The fraction of sp³-hybridized carbons (Fsp3) is 0.421. The molecule has 2 aromatic rings. The molecule has 1 atom stereocenters. The van der Waals surface area contributed by atoms with Crippen molar-refractivity contribution in [3.05, 3.63) is 57.8 Å². The first-order chi connectivity index (χ1) is 11.1. The SMILES string of the molecule is Cc1ccc([C@H]([NH2+]CC(=O)NCCC(C)C)c2cccs2)cc1. The van der Waals surface area contributed by atoms with Gasteiger partial charge in [-0.2, -0.15) is 0 Å². The number of hydrogen-bond donors (Lipinski definition) is 2. The number of aryl methyl sites for hydroxylation is 1. The van der Waals surface area contributed by atoms with Crippen LogP contribution in [0.5, 0.6) is 0 Å². The summed E-state index contributed by atoms with van der Waals surface area (Å²) >= 11 is 1.74. The van der Waals surface area contributed by atoms with Crippen LogP contribution in [-0.4, -0.2) is 19.0 Å². The van der Waals surface area contributed by atoms with Crippen molar-refractivity contribution < 1.29 is 10.1 Å². The van der Waals surface area contributed by atoms with Gasteiger partial charge in [-0.15, -0.1) is 11.3 Å². The fourth-order valence-electron chi connectivity index (χ4n) is 2.46. The molecule has 3 N–H and O–H groups in total. The van der Waals surface area contributed by atoms with Crippen LogP contribution in [0, 0.1) is 12.8 Å². The molecule has 0 aliphatic rings. The van der Waals surface area contributed by atoms with Gasteiger partial charge in [0.05, 0.1) is 4.88 Å². The molecule has 23 heavy (non-hydrogen) atoms. The minimum Gasteiger partial charge on any atom is -0.351 e. The number of amides is 1. The maximum absolute atomic E-state index is 12.0. The second-order valence-electron chi connectivity index (χ2n) is 6.38. The van der Waals surface area contributed by atoms with E-state index in [1.807, 2.05) is 0 Å². The highest BCUT2D eigenvalue weighted by Gasteiger charge is 2.19. The molecule has 0 bridgehead atoms. The molecular formula is C19H27N2OS+. The molecule has 0 unspecified atom stereocenters. The molecule has 0 fully saturated rings. The van der Waals surface area contributed by atoms with Crippen molar-refractivity contribution in [1.29, 1.82) is 0 Å². The Labute approximate surface area is 143 Å². The van der Waals surface area contributed by atoms with E-state index in [1.54, 1.807) is 11.3 Å². The standard InChI is InChI=1S/C19H26N2OS/c1-14(2)10-11-20-18(22)13-21-19(17-5-4-12-23-17)16-8-6-15(3)7-9-16/h4-9,12,14,19,21H,10-11,13H2,1-3H3,(H,20,22)/p+1/t19-/m0/s1. The van der Waals surface area contributed by atoms with Crippen LogP contribution in [0.2, 0.25) is 0 Å². The zero-order valence-corrected chi connectivity index (χ0v) is 15.0. The van der Waals surface area contributed by atoms with Crippen molar-refractivity contribution in [3.8, 4) is 0 Å². The summed E-state index contributed by atoms with van der Waals surface area (Å²) in [5, 5.41) is 7.22. The summed E-state index contributed by atoms with van der Waals surface area (Å²) in [6.45, 7) is 7.65. The van der Waals surface area contributed by atoms with Crippen LogP contribution in [-0.2, 0) is 4.79 Å². The molecular weight excluding hydrogens is 304 g/mol. The molecule has 3 nitrogen and oxygen atoms in total. The van der Waals surface area contributed by atoms with Gasteiger partial charge in [0.15, 0.2) is 6.54 Å². The van der Waals surface area contributed by atoms with Crippen molar-refractivity contribution in [2.75, 3.05) is 13.1 Å². The molecule has 1 aromatic carbocycles. The van der Waals surface area contributed by atoms with Gasteiger partial charge in [-0.1, -0.05) is 49.7 Å². The van der Waals surface area contributed by atoms with Crippen LogP contribution >= 0.6 is 11.3 Å². The van der Waals surface area contributed by atoms with Gasteiger partial charge in [0, 0.05) is 12.1 Å². The maximum atomic E-state index is 12.0. The highest BCUT2D eigenvalue weighted by Crippen LogP contribution is 2.22. The highest BCUT2D eigenvalue weighted by atomic mass is 32.1. The van der Waals surface area contributed by atoms with E-state index in [4.69, 9.17) is 0 Å². The van der Waals surface area contributed by atoms with Crippen molar-refractivity contribution in [1.82, 2.24) is 5.32 Å². The van der Waals surface area contributed by atoms with E-state index in [2.05, 4.69) is 73.2 Å². The number of hydrogen-bond acceptors (Lipinski definition) is 2. The second-order valence-corrected chi connectivity index (χ2v) is 7.36. The third-order valence-corrected chi connectivity index (χ3v) is 4.82. The van der Waals surface area contributed by atoms with E-state index in [0.29, 0.717) is 12.5 Å². The topological polar surface area (TPSA) is 45.7 Å². The second kappa shape index (κ2) is 8.85. The van der Waals surface area contributed by atoms with Crippen LogP contribution < -0.4 is 10.6 Å². The lowest BCUT2D eigenvalue weighted by molar-refractivity contribution is -0.676. The smallest absolute Gasteiger partial charge is 0.275 e. The Morgan fingerprint density at radius 2 is 1.96 bits per heavy atom. The molecule has 0 saturated carbocycles. The fourth-order valence-corrected chi connectivity index (χ4v) is 3.31. The molecule has 1 amide bonds. The molecule has 0 aliphatic carbocycles. The monoisotopic (exact) mass is 331 g/mol. The van der Waals surface area contributed by atoms with Gasteiger partial charge in [-0.3, -0.25) is 4.79 Å². The van der Waals surface area contributed by atoms with Gasteiger partial charge in [0.2, 0.25) is 0 Å². The zero-order chi connectivity index (χ0) is 16.7. The summed E-state index contributed by atoms with van der Waals surface area (Å²) in [6.07, 6.45) is 1.03. The quantitative estimate of drug-likeness (QED) is 0.768. The predicted molar refractivity (Wildman–Crippen MR) is 96.6 cm³/mol. The molecule has 124 valence electrons. The van der Waals surface area contributed by atoms with Crippen LogP contribution in [0.25, 0.3) is 0 Å². The van der Waals surface area contributed by atoms with Gasteiger partial charge >= 0.3 is 0 Å². The molecule has 0 radical (unpaired) electrons. The van der Waals surface area contributed by atoms with E-state index >= 15 is 0 Å². The van der Waals surface area contributed by atoms with E-state index in [9.17, 15) is 4.79 Å². The number of carbonyl (C=O) groups excluding carboxylic acids is 1. The van der Waals surface area contributed by atoms with E-state index in [-0.39, 0.29) is 11.9 Å². The summed E-state index contributed by atoms with van der Waals surface area (Å²) in [5.74, 6) is 0.727. The Kier molecular flexibility index (Phi) is 6.81. The van der Waals surface area contributed by atoms with Crippen molar-refractivity contribution in [3.63, 3.8) is 0 Å². The molecule has 0 aliphatic heterocycles. The molecule has 0 saturated heterocycles. The summed E-state index contributed by atoms with van der Waals surface area (Å²) in [4.78, 5) is 13.3. The number of benzene rings is 1. The summed E-state index contributed by atoms with van der Waals surface area (Å²) in [5.41, 5.74) is 2.50. The minimum atomic E-state index is 0.110. The average Bonchev–Trinajstić information content (AvgIpc) is 3.03. The highest BCUT2D eigenvalue weighted by molar-refractivity contribution is 7.10. The van der Waals surface area contributed by atoms with E-state index in [1.165, 1.54) is 16.0 Å². The molecule has 2 rings (SSSR count). The Hall–Kier alpha value is -1.65. The number of nitrogens with one attached hydrogen (secondary N) is 1. The summed E-state index contributed by atoms with van der Waals surface area (Å²) in [6, 6.07) is 13.0. The van der Waals surface area contributed by atoms with Crippen molar-refractivity contribution in [2.45, 2.75) is 33.2 Å². The lowest BCUT2D eigenvalue weighted by atomic mass is 10.0. The maximum Gasteiger partial charge on any atom is 0.275 e. The number of carbonyl (C=O) groups is 1. The first kappa shape index (κ1) is 17.7. The van der Waals surface area contributed by atoms with E-state index in [0.717, 1.165) is 13.0 Å². The molecule has 1 heterocycles. The van der Waals surface area contributed by atoms with Crippen LogP contribution in [0.4, 0.5) is 0 Å². The zero-order valence-electron chi connectivity index (χ0n) is 14.2. The van der Waals surface area contributed by atoms with Gasteiger partial charge in [-0.05, 0) is 30.7 Å². The average molecular weight is 332 g/mol. The largest absolute Gasteiger partial charge is 0.351 e. The van der Waals surface area contributed by atoms with Crippen LogP contribution in [0.15, 0.2) is 41.8 Å². The normalized spacial score (nSPS) is 12.3. The van der Waals surface area contributed by atoms with Gasteiger partial charge in [0.1, 0.15) is 6.04 Å². The van der Waals surface area contributed by atoms with Crippen LogP contribution in [0.3, 0.4) is 0 Å². The Balaban J connectivity index is 1.96. The Morgan fingerprint density at radius 3 is 2.57 bits per heavy atom. The molecule has 0 spiro atoms.